The van der Waals surface area contributed by atoms with Crippen molar-refractivity contribution in [2.75, 3.05) is 0 Å². The summed E-state index contributed by atoms with van der Waals surface area (Å²) in [6, 6.07) is 17.9. The minimum absolute atomic E-state index is 0.823. The van der Waals surface area contributed by atoms with E-state index in [9.17, 15) is 0 Å². The number of amidine groups is 1. The van der Waals surface area contributed by atoms with Crippen LogP contribution in [0.25, 0.3) is 5.57 Å². The first-order valence-electron chi connectivity index (χ1n) is 7.31. The van der Waals surface area contributed by atoms with Gasteiger partial charge in [-0.05, 0) is 42.0 Å². The maximum Gasteiger partial charge on any atom is 0.152 e. The van der Waals surface area contributed by atoms with Gasteiger partial charge in [0.1, 0.15) is 11.5 Å². The van der Waals surface area contributed by atoms with Crippen LogP contribution in [-0.2, 0) is 0 Å². The van der Waals surface area contributed by atoms with Crippen LogP contribution in [0.1, 0.15) is 5.56 Å². The third-order valence-electron chi connectivity index (χ3n) is 3.56. The highest BCUT2D eigenvalue weighted by molar-refractivity contribution is 8.01. The number of rotatable bonds is 3. The molecule has 0 amide bonds. The van der Waals surface area contributed by atoms with Crippen molar-refractivity contribution in [2.24, 2.45) is 4.40 Å². The second-order valence-electron chi connectivity index (χ2n) is 5.07. The van der Waals surface area contributed by atoms with Crippen molar-refractivity contribution < 1.29 is 4.74 Å². The van der Waals surface area contributed by atoms with Crippen LogP contribution in [0.2, 0.25) is 0 Å². The number of hydrogen-bond acceptors (Lipinski definition) is 4. The Balaban J connectivity index is 1.58. The Morgan fingerprint density at radius 1 is 0.870 bits per heavy atom. The van der Waals surface area contributed by atoms with Crippen LogP contribution in [0.4, 0.5) is 0 Å². The van der Waals surface area contributed by atoms with E-state index in [4.69, 9.17) is 4.74 Å². The second kappa shape index (κ2) is 6.18. The van der Waals surface area contributed by atoms with Gasteiger partial charge in [0.15, 0.2) is 5.84 Å². The maximum atomic E-state index is 5.84. The smallest absolute Gasteiger partial charge is 0.152 e. The molecule has 2 aromatic carbocycles. The predicted molar refractivity (Wildman–Crippen MR) is 96.1 cm³/mol. The van der Waals surface area contributed by atoms with E-state index in [0.29, 0.717) is 0 Å². The average molecular weight is 318 g/mol. The lowest BCUT2D eigenvalue weighted by Crippen LogP contribution is -2.24. The Labute approximate surface area is 139 Å². The Kier molecular flexibility index (Phi) is 3.74. The molecule has 0 bridgehead atoms. The summed E-state index contributed by atoms with van der Waals surface area (Å²) in [6.07, 6.45) is 8.14. The van der Waals surface area contributed by atoms with Gasteiger partial charge in [0, 0.05) is 35.3 Å². The number of nitrogens with zero attached hydrogens (tertiary/aromatic N) is 2. The van der Waals surface area contributed by atoms with Crippen LogP contribution < -0.4 is 4.74 Å². The normalized spacial score (nSPS) is 15.7. The molecular formula is C19H14N2OS. The van der Waals surface area contributed by atoms with Gasteiger partial charge in [-0.3, -0.25) is 0 Å². The van der Waals surface area contributed by atoms with Gasteiger partial charge in [-0.15, -0.1) is 0 Å². The number of para-hydroxylation sites is 1. The second-order valence-corrected chi connectivity index (χ2v) is 5.74. The lowest BCUT2D eigenvalue weighted by molar-refractivity contribution is 0.482. The molecule has 0 aliphatic carbocycles. The monoisotopic (exact) mass is 318 g/mol. The van der Waals surface area contributed by atoms with E-state index in [1.807, 2.05) is 71.2 Å². The molecule has 0 saturated heterocycles. The lowest BCUT2D eigenvalue weighted by Gasteiger charge is -2.25. The molecule has 2 aliphatic heterocycles. The van der Waals surface area contributed by atoms with Crippen LogP contribution in [0.5, 0.6) is 11.5 Å². The minimum Gasteiger partial charge on any atom is -0.457 e. The van der Waals surface area contributed by atoms with Gasteiger partial charge in [0.2, 0.25) is 0 Å². The molecule has 0 fully saturated rings. The fourth-order valence-corrected chi connectivity index (χ4v) is 3.00. The van der Waals surface area contributed by atoms with Crippen LogP contribution in [0, 0.1) is 0 Å². The van der Waals surface area contributed by atoms with E-state index in [1.54, 1.807) is 0 Å². The maximum absolute atomic E-state index is 5.84. The fourth-order valence-electron chi connectivity index (χ4n) is 2.46. The number of allylic oxidation sites excluding steroid dienone is 2. The van der Waals surface area contributed by atoms with Crippen molar-refractivity contribution in [1.82, 2.24) is 4.90 Å². The molecule has 0 spiro atoms. The van der Waals surface area contributed by atoms with Gasteiger partial charge >= 0.3 is 0 Å². The summed E-state index contributed by atoms with van der Waals surface area (Å²) in [7, 11) is 0. The summed E-state index contributed by atoms with van der Waals surface area (Å²) in [4.78, 5) is 2.03. The summed E-state index contributed by atoms with van der Waals surface area (Å²) in [5.41, 5.74) is 2.23. The molecule has 0 saturated carbocycles. The van der Waals surface area contributed by atoms with Gasteiger partial charge in [-0.25, -0.2) is 0 Å². The van der Waals surface area contributed by atoms with Gasteiger partial charge in [0.05, 0.1) is 0 Å². The molecular weight excluding hydrogens is 304 g/mol. The molecule has 4 heteroatoms. The van der Waals surface area contributed by atoms with Crippen LogP contribution in [0.15, 0.2) is 89.0 Å². The fraction of sp³-hybridized carbons (Fsp3) is 0. The summed E-state index contributed by atoms with van der Waals surface area (Å²) < 4.78 is 10.4. The average Bonchev–Trinajstić information content (AvgIpc) is 2.63. The number of hydrogen-bond donors (Lipinski definition) is 0. The van der Waals surface area contributed by atoms with E-state index in [1.165, 1.54) is 11.9 Å². The first-order valence-corrected chi connectivity index (χ1v) is 8.15. The molecule has 0 aromatic heterocycles. The molecule has 2 heterocycles. The van der Waals surface area contributed by atoms with Crippen molar-refractivity contribution >= 4 is 23.4 Å². The first kappa shape index (κ1) is 13.9. The summed E-state index contributed by atoms with van der Waals surface area (Å²) in [5.74, 6) is 2.62. The molecule has 0 unspecified atom stereocenters. The van der Waals surface area contributed by atoms with Gasteiger partial charge in [-0.1, -0.05) is 30.3 Å². The van der Waals surface area contributed by atoms with Gasteiger partial charge in [0.25, 0.3) is 0 Å². The highest BCUT2D eigenvalue weighted by atomic mass is 32.2. The lowest BCUT2D eigenvalue weighted by atomic mass is 10.0. The van der Waals surface area contributed by atoms with Crippen molar-refractivity contribution in [1.29, 1.82) is 0 Å². The van der Waals surface area contributed by atoms with E-state index in [-0.39, 0.29) is 0 Å². The largest absolute Gasteiger partial charge is 0.457 e. The third-order valence-corrected chi connectivity index (χ3v) is 4.08. The number of benzene rings is 2. The summed E-state index contributed by atoms with van der Waals surface area (Å²) in [6.45, 7) is 0. The molecule has 2 aliphatic rings. The molecule has 3 nitrogen and oxygen atoms in total. The van der Waals surface area contributed by atoms with Gasteiger partial charge < -0.3 is 9.64 Å². The Hall–Kier alpha value is -2.72. The van der Waals surface area contributed by atoms with E-state index in [0.717, 1.165) is 28.5 Å². The first-order chi connectivity index (χ1) is 11.4. The van der Waals surface area contributed by atoms with Crippen molar-refractivity contribution in [2.45, 2.75) is 0 Å². The van der Waals surface area contributed by atoms with Crippen LogP contribution in [-0.4, -0.2) is 10.7 Å². The molecule has 0 N–H and O–H groups in total. The van der Waals surface area contributed by atoms with Crippen LogP contribution in [0.3, 0.4) is 0 Å². The molecule has 112 valence electrons. The molecule has 4 rings (SSSR count). The minimum atomic E-state index is 0.823. The van der Waals surface area contributed by atoms with E-state index in [2.05, 4.69) is 22.6 Å². The number of fused-ring (bicyclic) bond motifs is 1. The summed E-state index contributed by atoms with van der Waals surface area (Å²) >= 11 is 1.45. The van der Waals surface area contributed by atoms with Crippen molar-refractivity contribution in [3.05, 3.63) is 90.1 Å². The molecule has 0 radical (unpaired) electrons. The topological polar surface area (TPSA) is 24.8 Å². The Morgan fingerprint density at radius 3 is 2.48 bits per heavy atom. The van der Waals surface area contributed by atoms with Crippen molar-refractivity contribution in [3.63, 3.8) is 0 Å². The number of ether oxygens (including phenoxy) is 1. The van der Waals surface area contributed by atoms with E-state index < -0.39 is 0 Å². The van der Waals surface area contributed by atoms with Gasteiger partial charge in [-0.2, -0.15) is 4.40 Å². The summed E-state index contributed by atoms with van der Waals surface area (Å²) in [5, 5.41) is 1.97. The highest BCUT2D eigenvalue weighted by Gasteiger charge is 2.18. The standard InChI is InChI=1S/C19H14N2OS/c1-2-5-16(6-3-1)22-17-10-8-15(9-11-17)18-7-4-12-21-13-14-23-20-19(18)21/h1-14H. The molecule has 0 atom stereocenters. The zero-order valence-electron chi connectivity index (χ0n) is 12.3. The SMILES string of the molecule is C1=CN2C=CSN=C2C(c2ccc(Oc3ccccc3)cc2)=C1. The van der Waals surface area contributed by atoms with Crippen LogP contribution >= 0.6 is 11.9 Å². The molecule has 23 heavy (non-hydrogen) atoms. The zero-order chi connectivity index (χ0) is 15.5. The predicted octanol–water partition coefficient (Wildman–Crippen LogP) is 5.22. The Bertz CT molecular complexity index is 820. The van der Waals surface area contributed by atoms with Crippen molar-refractivity contribution in [3.8, 4) is 11.5 Å². The zero-order valence-corrected chi connectivity index (χ0v) is 13.1. The quantitative estimate of drug-likeness (QED) is 0.725. The Morgan fingerprint density at radius 2 is 1.65 bits per heavy atom. The highest BCUT2D eigenvalue weighted by Crippen LogP contribution is 2.29. The molecule has 2 aromatic rings. The third kappa shape index (κ3) is 2.94. The van der Waals surface area contributed by atoms with E-state index >= 15 is 0 Å².